The third-order valence-electron chi connectivity index (χ3n) is 3.89. The van der Waals surface area contributed by atoms with Crippen molar-refractivity contribution < 1.29 is 4.79 Å². The Morgan fingerprint density at radius 1 is 1.24 bits per heavy atom. The molecule has 1 amide bonds. The van der Waals surface area contributed by atoms with Crippen LogP contribution in [0.15, 0.2) is 48.7 Å². The number of benzene rings is 1. The molecule has 2 N–H and O–H groups in total. The SMILES string of the molecule is N[C@@H](Cc1ccccc1)C(=O)N1CCc2ncccc2C1. The summed E-state index contributed by atoms with van der Waals surface area (Å²) in [6, 6.07) is 13.4. The molecule has 2 heterocycles. The zero-order chi connectivity index (χ0) is 14.7. The van der Waals surface area contributed by atoms with Gasteiger partial charge in [-0.05, 0) is 23.6 Å². The van der Waals surface area contributed by atoms with Crippen LogP contribution in [0.25, 0.3) is 0 Å². The molecule has 0 fully saturated rings. The molecule has 0 saturated carbocycles. The van der Waals surface area contributed by atoms with Gasteiger partial charge in [-0.3, -0.25) is 9.78 Å². The highest BCUT2D eigenvalue weighted by Crippen LogP contribution is 2.17. The lowest BCUT2D eigenvalue weighted by Gasteiger charge is -2.30. The Bertz CT molecular complexity index is 627. The van der Waals surface area contributed by atoms with Crippen molar-refractivity contribution in [3.05, 3.63) is 65.5 Å². The van der Waals surface area contributed by atoms with Crippen molar-refractivity contribution in [1.29, 1.82) is 0 Å². The predicted octanol–water partition coefficient (Wildman–Crippen LogP) is 1.54. The third kappa shape index (κ3) is 3.11. The fraction of sp³-hybridized carbons (Fsp3) is 0.294. The monoisotopic (exact) mass is 281 g/mol. The summed E-state index contributed by atoms with van der Waals surface area (Å²) in [7, 11) is 0. The molecule has 0 saturated heterocycles. The zero-order valence-electron chi connectivity index (χ0n) is 11.9. The highest BCUT2D eigenvalue weighted by atomic mass is 16.2. The zero-order valence-corrected chi connectivity index (χ0v) is 11.9. The molecule has 1 aromatic carbocycles. The maximum absolute atomic E-state index is 12.5. The number of hydrogen-bond donors (Lipinski definition) is 1. The number of amides is 1. The minimum atomic E-state index is -0.481. The number of hydrogen-bond acceptors (Lipinski definition) is 3. The first-order valence-corrected chi connectivity index (χ1v) is 7.25. The largest absolute Gasteiger partial charge is 0.337 e. The maximum Gasteiger partial charge on any atom is 0.240 e. The summed E-state index contributed by atoms with van der Waals surface area (Å²) in [6.45, 7) is 1.32. The highest BCUT2D eigenvalue weighted by Gasteiger charge is 2.25. The Hall–Kier alpha value is -2.20. The van der Waals surface area contributed by atoms with E-state index in [1.165, 1.54) is 0 Å². The van der Waals surface area contributed by atoms with Gasteiger partial charge in [0.15, 0.2) is 0 Å². The van der Waals surface area contributed by atoms with Gasteiger partial charge in [-0.1, -0.05) is 36.4 Å². The van der Waals surface area contributed by atoms with Crippen LogP contribution >= 0.6 is 0 Å². The van der Waals surface area contributed by atoms with Gasteiger partial charge < -0.3 is 10.6 Å². The number of rotatable bonds is 3. The van der Waals surface area contributed by atoms with Gasteiger partial charge >= 0.3 is 0 Å². The van der Waals surface area contributed by atoms with Crippen molar-refractivity contribution in [2.45, 2.75) is 25.4 Å². The van der Waals surface area contributed by atoms with Crippen LogP contribution in [0, 0.1) is 0 Å². The summed E-state index contributed by atoms with van der Waals surface area (Å²) in [5.41, 5.74) is 9.41. The Kier molecular flexibility index (Phi) is 3.97. The second kappa shape index (κ2) is 6.06. The molecule has 21 heavy (non-hydrogen) atoms. The average Bonchev–Trinajstić information content (AvgIpc) is 2.54. The summed E-state index contributed by atoms with van der Waals surface area (Å²) in [5.74, 6) is 0.0216. The van der Waals surface area contributed by atoms with Gasteiger partial charge in [-0.15, -0.1) is 0 Å². The number of pyridine rings is 1. The van der Waals surface area contributed by atoms with E-state index in [9.17, 15) is 4.79 Å². The fourth-order valence-corrected chi connectivity index (χ4v) is 2.74. The van der Waals surface area contributed by atoms with Gasteiger partial charge in [0.25, 0.3) is 0 Å². The van der Waals surface area contributed by atoms with E-state index in [1.54, 1.807) is 6.20 Å². The van der Waals surface area contributed by atoms with Crippen molar-refractivity contribution in [3.63, 3.8) is 0 Å². The fourth-order valence-electron chi connectivity index (χ4n) is 2.74. The van der Waals surface area contributed by atoms with Crippen molar-refractivity contribution >= 4 is 5.91 Å². The van der Waals surface area contributed by atoms with Gasteiger partial charge in [-0.2, -0.15) is 0 Å². The van der Waals surface area contributed by atoms with E-state index in [0.717, 1.165) is 23.2 Å². The van der Waals surface area contributed by atoms with Crippen LogP contribution in [0.2, 0.25) is 0 Å². The molecule has 1 aliphatic heterocycles. The molecule has 0 radical (unpaired) electrons. The molecule has 1 aliphatic rings. The van der Waals surface area contributed by atoms with E-state index < -0.39 is 6.04 Å². The summed E-state index contributed by atoms with van der Waals surface area (Å²) in [5, 5.41) is 0. The first kappa shape index (κ1) is 13.8. The molecule has 0 unspecified atom stereocenters. The summed E-state index contributed by atoms with van der Waals surface area (Å²) < 4.78 is 0. The molecule has 4 heteroatoms. The van der Waals surface area contributed by atoms with Gasteiger partial charge in [0, 0.05) is 31.4 Å². The van der Waals surface area contributed by atoms with Crippen LogP contribution in [0.1, 0.15) is 16.8 Å². The van der Waals surface area contributed by atoms with Crippen molar-refractivity contribution in [1.82, 2.24) is 9.88 Å². The summed E-state index contributed by atoms with van der Waals surface area (Å²) in [6.07, 6.45) is 3.19. The summed E-state index contributed by atoms with van der Waals surface area (Å²) >= 11 is 0. The Labute approximate surface area is 124 Å². The van der Waals surface area contributed by atoms with Crippen LogP contribution in [0.4, 0.5) is 0 Å². The van der Waals surface area contributed by atoms with Gasteiger partial charge in [0.05, 0.1) is 6.04 Å². The molecule has 108 valence electrons. The van der Waals surface area contributed by atoms with Crippen LogP contribution in [0.5, 0.6) is 0 Å². The second-order valence-electron chi connectivity index (χ2n) is 5.42. The van der Waals surface area contributed by atoms with E-state index in [0.29, 0.717) is 19.5 Å². The molecular formula is C17H19N3O. The van der Waals surface area contributed by atoms with Crippen molar-refractivity contribution in [2.75, 3.05) is 6.54 Å². The Balaban J connectivity index is 1.66. The lowest BCUT2D eigenvalue weighted by Crippen LogP contribution is -2.46. The van der Waals surface area contributed by atoms with Crippen LogP contribution in [-0.2, 0) is 24.2 Å². The summed E-state index contributed by atoms with van der Waals surface area (Å²) in [4.78, 5) is 18.7. The molecule has 0 aliphatic carbocycles. The number of fused-ring (bicyclic) bond motifs is 1. The normalized spacial score (nSPS) is 15.4. The first-order chi connectivity index (χ1) is 10.2. The molecule has 0 bridgehead atoms. The Morgan fingerprint density at radius 2 is 2.05 bits per heavy atom. The first-order valence-electron chi connectivity index (χ1n) is 7.25. The second-order valence-corrected chi connectivity index (χ2v) is 5.42. The molecule has 1 aromatic heterocycles. The van der Waals surface area contributed by atoms with Crippen molar-refractivity contribution in [2.24, 2.45) is 5.73 Å². The van der Waals surface area contributed by atoms with Crippen LogP contribution < -0.4 is 5.73 Å². The molecule has 2 aromatic rings. The van der Waals surface area contributed by atoms with E-state index in [1.807, 2.05) is 47.4 Å². The van der Waals surface area contributed by atoms with Gasteiger partial charge in [-0.25, -0.2) is 0 Å². The van der Waals surface area contributed by atoms with Crippen LogP contribution in [0.3, 0.4) is 0 Å². The average molecular weight is 281 g/mol. The number of nitrogens with two attached hydrogens (primary N) is 1. The number of aromatic nitrogens is 1. The third-order valence-corrected chi connectivity index (χ3v) is 3.89. The Morgan fingerprint density at radius 3 is 2.86 bits per heavy atom. The lowest BCUT2D eigenvalue weighted by molar-refractivity contribution is -0.133. The quantitative estimate of drug-likeness (QED) is 0.928. The van der Waals surface area contributed by atoms with Gasteiger partial charge in [0.1, 0.15) is 0 Å². The number of carbonyl (C=O) groups is 1. The van der Waals surface area contributed by atoms with E-state index in [2.05, 4.69) is 4.98 Å². The highest BCUT2D eigenvalue weighted by molar-refractivity contribution is 5.82. The minimum absolute atomic E-state index is 0.0216. The smallest absolute Gasteiger partial charge is 0.240 e. The van der Waals surface area contributed by atoms with E-state index in [-0.39, 0.29) is 5.91 Å². The predicted molar refractivity (Wildman–Crippen MR) is 81.5 cm³/mol. The van der Waals surface area contributed by atoms with E-state index >= 15 is 0 Å². The topological polar surface area (TPSA) is 59.2 Å². The molecule has 3 rings (SSSR count). The molecule has 4 nitrogen and oxygen atoms in total. The minimum Gasteiger partial charge on any atom is -0.337 e. The van der Waals surface area contributed by atoms with Gasteiger partial charge in [0.2, 0.25) is 5.91 Å². The van der Waals surface area contributed by atoms with Crippen LogP contribution in [-0.4, -0.2) is 28.4 Å². The van der Waals surface area contributed by atoms with E-state index in [4.69, 9.17) is 5.73 Å². The van der Waals surface area contributed by atoms with Crippen molar-refractivity contribution in [3.8, 4) is 0 Å². The lowest BCUT2D eigenvalue weighted by atomic mass is 10.0. The molecular weight excluding hydrogens is 262 g/mol. The standard InChI is InChI=1S/C17H19N3O/c18-15(11-13-5-2-1-3-6-13)17(21)20-10-8-16-14(12-20)7-4-9-19-16/h1-7,9,15H,8,10-12,18H2/t15-/m0/s1. The number of carbonyl (C=O) groups excluding carboxylic acids is 1. The number of nitrogens with zero attached hydrogens (tertiary/aromatic N) is 2. The maximum atomic E-state index is 12.5. The molecule has 1 atom stereocenters. The molecule has 0 spiro atoms.